The number of rotatable bonds is 2. The average molecular weight is 459 g/mol. The van der Waals surface area contributed by atoms with Crippen LogP contribution >= 0.6 is 0 Å². The van der Waals surface area contributed by atoms with Gasteiger partial charge in [-0.1, -0.05) is 45.7 Å². The van der Waals surface area contributed by atoms with Gasteiger partial charge in [-0.15, -0.1) is 0 Å². The maximum absolute atomic E-state index is 6.21. The Balaban J connectivity index is 1.74. The summed E-state index contributed by atoms with van der Waals surface area (Å²) in [6, 6.07) is 8.80. The molecule has 2 bridgehead atoms. The van der Waals surface area contributed by atoms with Gasteiger partial charge in [0.05, 0.1) is 6.04 Å². The van der Waals surface area contributed by atoms with Crippen LogP contribution in [-0.2, 0) is 9.68 Å². The van der Waals surface area contributed by atoms with Gasteiger partial charge in [0.1, 0.15) is 0 Å². The number of hydrazine groups is 1. The lowest BCUT2D eigenvalue weighted by Gasteiger charge is -2.46. The van der Waals surface area contributed by atoms with Crippen molar-refractivity contribution >= 4 is 11.7 Å². The molecule has 0 amide bonds. The first-order valence-corrected chi connectivity index (χ1v) is 12.0. The molecule has 0 radical (unpaired) electrons. The summed E-state index contributed by atoms with van der Waals surface area (Å²) in [6.07, 6.45) is 1.94. The smallest absolute Gasteiger partial charge is 0.245 e. The Bertz CT molecular complexity index is 1250. The van der Waals surface area contributed by atoms with E-state index in [2.05, 4.69) is 108 Å². The molecule has 0 unspecified atom stereocenters. The molecule has 0 aliphatic carbocycles. The van der Waals surface area contributed by atoms with Crippen molar-refractivity contribution in [3.05, 3.63) is 80.4 Å². The fourth-order valence-corrected chi connectivity index (χ4v) is 6.01. The van der Waals surface area contributed by atoms with Crippen molar-refractivity contribution in [3.63, 3.8) is 0 Å². The van der Waals surface area contributed by atoms with Crippen LogP contribution in [0.1, 0.15) is 65.3 Å². The Hall–Kier alpha value is -3.28. The minimum absolute atomic E-state index is 0.0105. The second-order valence-corrected chi connectivity index (χ2v) is 10.3. The molecule has 2 aromatic carbocycles. The molecule has 0 fully saturated rings. The normalized spacial score (nSPS) is 25.6. The molecule has 0 N–H and O–H groups in total. The van der Waals surface area contributed by atoms with Crippen LogP contribution in [-0.4, -0.2) is 39.6 Å². The van der Waals surface area contributed by atoms with E-state index in [1.165, 1.54) is 33.4 Å². The summed E-state index contributed by atoms with van der Waals surface area (Å²) in [5.41, 5.74) is 9.61. The average Bonchev–Trinajstić information content (AvgIpc) is 3.00. The molecular formula is C28H34N4O2. The van der Waals surface area contributed by atoms with E-state index in [1.807, 2.05) is 0 Å². The van der Waals surface area contributed by atoms with Crippen LogP contribution in [0.5, 0.6) is 0 Å². The lowest BCUT2D eigenvalue weighted by molar-refractivity contribution is -0.131. The molecule has 2 aromatic rings. The van der Waals surface area contributed by atoms with Gasteiger partial charge < -0.3 is 9.68 Å². The third-order valence-corrected chi connectivity index (χ3v) is 7.19. The Labute approximate surface area is 202 Å². The highest BCUT2D eigenvalue weighted by Crippen LogP contribution is 2.41. The second kappa shape index (κ2) is 7.62. The first kappa shape index (κ1) is 22.5. The van der Waals surface area contributed by atoms with Crippen LogP contribution in [0.3, 0.4) is 0 Å². The quantitative estimate of drug-likeness (QED) is 0.552. The minimum Gasteiger partial charge on any atom is -0.384 e. The summed E-state index contributed by atoms with van der Waals surface area (Å²) in [7, 11) is 0. The van der Waals surface area contributed by atoms with E-state index in [4.69, 9.17) is 14.8 Å². The van der Waals surface area contributed by atoms with Gasteiger partial charge in [0.15, 0.2) is 17.8 Å². The van der Waals surface area contributed by atoms with Gasteiger partial charge in [-0.25, -0.2) is 5.01 Å². The molecule has 0 saturated carbocycles. The summed E-state index contributed by atoms with van der Waals surface area (Å²) in [6.45, 7) is 19.1. The standard InChI is InChI=1S/C28H34N4O2/c1-15-10-17(3)23(18(4)11-15)26-29-33-25-21(7)14-28(9)32(31(26)22(25)8)27(30-34-28)24-19(5)12-16(2)13-20(24)6/h10-14,22,25H,1-9H3/t22-,25-,28-/m1/s1. The summed E-state index contributed by atoms with van der Waals surface area (Å²) < 4.78 is 0. The summed E-state index contributed by atoms with van der Waals surface area (Å²) in [5, 5.41) is 13.8. The fraction of sp³-hybridized carbons (Fsp3) is 0.429. The molecule has 6 nitrogen and oxygen atoms in total. The largest absolute Gasteiger partial charge is 0.384 e. The zero-order valence-corrected chi connectivity index (χ0v) is 21.6. The van der Waals surface area contributed by atoms with E-state index in [1.54, 1.807) is 0 Å². The Morgan fingerprint density at radius 1 is 0.765 bits per heavy atom. The van der Waals surface area contributed by atoms with Gasteiger partial charge in [0, 0.05) is 18.1 Å². The van der Waals surface area contributed by atoms with Crippen molar-refractivity contribution < 1.29 is 9.68 Å². The van der Waals surface area contributed by atoms with Gasteiger partial charge in [0.25, 0.3) is 0 Å². The molecule has 3 heterocycles. The van der Waals surface area contributed by atoms with E-state index < -0.39 is 5.72 Å². The molecule has 3 aliphatic heterocycles. The molecule has 5 rings (SSSR count). The number of aryl methyl sites for hydroxylation is 6. The van der Waals surface area contributed by atoms with Crippen molar-refractivity contribution in [1.82, 2.24) is 10.0 Å². The number of benzene rings is 2. The van der Waals surface area contributed by atoms with E-state index in [0.717, 1.165) is 28.4 Å². The van der Waals surface area contributed by atoms with Crippen LogP contribution in [0.15, 0.2) is 46.2 Å². The van der Waals surface area contributed by atoms with Crippen molar-refractivity contribution in [2.24, 2.45) is 10.3 Å². The predicted octanol–water partition coefficient (Wildman–Crippen LogP) is 5.57. The zero-order chi connectivity index (χ0) is 24.5. The molecule has 34 heavy (non-hydrogen) atoms. The SMILES string of the molecule is CC1=C[C@@]2(C)ON=C(c3c(C)cc(C)cc3C)N2N2C(c3c(C)cc(C)cc3C)=NO[C@H]1[C@H]2C. The maximum Gasteiger partial charge on any atom is 0.245 e. The number of hydrogen-bond acceptors (Lipinski definition) is 6. The Morgan fingerprint density at radius 3 is 1.79 bits per heavy atom. The van der Waals surface area contributed by atoms with Gasteiger partial charge in [0.2, 0.25) is 5.72 Å². The first-order chi connectivity index (χ1) is 16.0. The number of hydrogen-bond donors (Lipinski definition) is 0. The summed E-state index contributed by atoms with van der Waals surface area (Å²) in [5.74, 6) is 1.58. The number of amidine groups is 2. The van der Waals surface area contributed by atoms with Crippen molar-refractivity contribution in [3.8, 4) is 0 Å². The Morgan fingerprint density at radius 2 is 1.26 bits per heavy atom. The first-order valence-electron chi connectivity index (χ1n) is 12.0. The molecule has 6 heteroatoms. The predicted molar refractivity (Wildman–Crippen MR) is 136 cm³/mol. The lowest BCUT2D eigenvalue weighted by atomic mass is 9.96. The topological polar surface area (TPSA) is 49.7 Å². The molecule has 0 aromatic heterocycles. The van der Waals surface area contributed by atoms with Gasteiger partial charge in [-0.3, -0.25) is 5.01 Å². The summed E-state index contributed by atoms with van der Waals surface area (Å²) in [4.78, 5) is 12.3. The molecule has 3 atom stereocenters. The summed E-state index contributed by atoms with van der Waals surface area (Å²) >= 11 is 0. The van der Waals surface area contributed by atoms with Gasteiger partial charge in [-0.05, 0) is 89.3 Å². The third kappa shape index (κ3) is 3.23. The van der Waals surface area contributed by atoms with Crippen molar-refractivity contribution in [1.29, 1.82) is 0 Å². The molecule has 0 saturated heterocycles. The van der Waals surface area contributed by atoms with E-state index in [-0.39, 0.29) is 12.1 Å². The minimum atomic E-state index is -0.798. The zero-order valence-electron chi connectivity index (χ0n) is 21.6. The van der Waals surface area contributed by atoms with Crippen LogP contribution in [0.25, 0.3) is 0 Å². The molecule has 178 valence electrons. The van der Waals surface area contributed by atoms with Crippen LogP contribution in [0.4, 0.5) is 0 Å². The third-order valence-electron chi connectivity index (χ3n) is 7.19. The Kier molecular flexibility index (Phi) is 5.04. The van der Waals surface area contributed by atoms with Crippen LogP contribution in [0.2, 0.25) is 0 Å². The second-order valence-electron chi connectivity index (χ2n) is 10.3. The van der Waals surface area contributed by atoms with Crippen molar-refractivity contribution in [2.75, 3.05) is 0 Å². The van der Waals surface area contributed by atoms with Gasteiger partial charge in [-0.2, -0.15) is 0 Å². The van der Waals surface area contributed by atoms with Crippen LogP contribution in [0, 0.1) is 41.5 Å². The molecular weight excluding hydrogens is 424 g/mol. The highest BCUT2D eigenvalue weighted by Gasteiger charge is 2.53. The van der Waals surface area contributed by atoms with Gasteiger partial charge >= 0.3 is 0 Å². The monoisotopic (exact) mass is 458 g/mol. The van der Waals surface area contributed by atoms with Crippen molar-refractivity contribution in [2.45, 2.75) is 80.2 Å². The maximum atomic E-state index is 6.21. The lowest BCUT2D eigenvalue weighted by Crippen LogP contribution is -2.62. The van der Waals surface area contributed by atoms with E-state index >= 15 is 0 Å². The highest BCUT2D eigenvalue weighted by atomic mass is 16.7. The van der Waals surface area contributed by atoms with E-state index in [9.17, 15) is 0 Å². The number of fused-ring (bicyclic) bond motifs is 4. The van der Waals surface area contributed by atoms with Crippen LogP contribution < -0.4 is 0 Å². The van der Waals surface area contributed by atoms with E-state index in [0.29, 0.717) is 0 Å². The molecule has 3 aliphatic rings. The highest BCUT2D eigenvalue weighted by molar-refractivity contribution is 6.07. The molecule has 0 spiro atoms. The fourth-order valence-electron chi connectivity index (χ4n) is 6.01. The number of oxime groups is 2. The number of nitrogens with zero attached hydrogens (tertiary/aromatic N) is 4.